The Balaban J connectivity index is 1.36. The number of aromatic nitrogens is 3. The second-order valence-electron chi connectivity index (χ2n) is 7.03. The van der Waals surface area contributed by atoms with Gasteiger partial charge in [-0.1, -0.05) is 12.1 Å². The van der Waals surface area contributed by atoms with Gasteiger partial charge in [-0.25, -0.2) is 4.39 Å². The molecular formula is C21H22FN5O. The molecule has 1 atom stereocenters. The highest BCUT2D eigenvalue weighted by Gasteiger charge is 2.23. The lowest BCUT2D eigenvalue weighted by molar-refractivity contribution is -0.121. The SMILES string of the molecule is O=C(Cc1ccc(F)cc1)N[C@@H]1CCCN(c2cc(-c3ccncc3)[nH]n2)C1. The highest BCUT2D eigenvalue weighted by atomic mass is 19.1. The number of halogens is 1. The number of rotatable bonds is 5. The number of piperidine rings is 1. The van der Waals surface area contributed by atoms with Crippen molar-refractivity contribution in [3.8, 4) is 11.3 Å². The van der Waals surface area contributed by atoms with E-state index in [2.05, 4.69) is 25.4 Å². The zero-order valence-corrected chi connectivity index (χ0v) is 15.4. The summed E-state index contributed by atoms with van der Waals surface area (Å²) < 4.78 is 13.0. The molecule has 2 N–H and O–H groups in total. The molecule has 0 spiro atoms. The molecule has 2 aromatic heterocycles. The second kappa shape index (κ2) is 8.21. The first kappa shape index (κ1) is 18.2. The first-order valence-electron chi connectivity index (χ1n) is 9.42. The topological polar surface area (TPSA) is 73.9 Å². The van der Waals surface area contributed by atoms with E-state index < -0.39 is 0 Å². The molecular weight excluding hydrogens is 357 g/mol. The molecule has 6 nitrogen and oxygen atoms in total. The van der Waals surface area contributed by atoms with Gasteiger partial charge in [-0.15, -0.1) is 0 Å². The maximum absolute atomic E-state index is 13.0. The van der Waals surface area contributed by atoms with Gasteiger partial charge in [0.1, 0.15) is 5.82 Å². The van der Waals surface area contributed by atoms with Gasteiger partial charge in [-0.3, -0.25) is 14.9 Å². The number of carbonyl (C=O) groups excluding carboxylic acids is 1. The molecule has 1 fully saturated rings. The van der Waals surface area contributed by atoms with Gasteiger partial charge in [0.25, 0.3) is 0 Å². The minimum absolute atomic E-state index is 0.0436. The number of nitrogens with one attached hydrogen (secondary N) is 2. The smallest absolute Gasteiger partial charge is 0.224 e. The van der Waals surface area contributed by atoms with Crippen LogP contribution in [0.1, 0.15) is 18.4 Å². The largest absolute Gasteiger partial charge is 0.353 e. The van der Waals surface area contributed by atoms with Crippen LogP contribution < -0.4 is 10.2 Å². The third-order valence-corrected chi connectivity index (χ3v) is 4.94. The Morgan fingerprint density at radius 2 is 2.00 bits per heavy atom. The summed E-state index contributed by atoms with van der Waals surface area (Å²) >= 11 is 0. The van der Waals surface area contributed by atoms with E-state index in [0.717, 1.165) is 48.6 Å². The monoisotopic (exact) mass is 379 g/mol. The quantitative estimate of drug-likeness (QED) is 0.715. The summed E-state index contributed by atoms with van der Waals surface area (Å²) in [5.41, 5.74) is 2.79. The molecule has 0 unspecified atom stereocenters. The molecule has 0 radical (unpaired) electrons. The van der Waals surface area contributed by atoms with Gasteiger partial charge in [0, 0.05) is 43.2 Å². The minimum atomic E-state index is -0.294. The molecule has 0 aliphatic carbocycles. The number of anilines is 1. The van der Waals surface area contributed by atoms with Crippen LogP contribution in [0.4, 0.5) is 10.2 Å². The average molecular weight is 379 g/mol. The first-order valence-corrected chi connectivity index (χ1v) is 9.42. The van der Waals surface area contributed by atoms with Crippen molar-refractivity contribution in [3.05, 3.63) is 66.2 Å². The fourth-order valence-corrected chi connectivity index (χ4v) is 3.52. The van der Waals surface area contributed by atoms with Gasteiger partial charge in [0.05, 0.1) is 12.1 Å². The van der Waals surface area contributed by atoms with Crippen LogP contribution in [0.15, 0.2) is 54.9 Å². The van der Waals surface area contributed by atoms with Crippen molar-refractivity contribution in [2.24, 2.45) is 0 Å². The standard InChI is InChI=1S/C21H22FN5O/c22-17-5-3-15(4-6-17)12-21(28)24-18-2-1-11-27(14-18)20-13-19(25-26-20)16-7-9-23-10-8-16/h3-10,13,18H,1-2,11-12,14H2,(H,24,28)(H,25,26)/t18-/m1/s1. The summed E-state index contributed by atoms with van der Waals surface area (Å²) in [6, 6.07) is 12.0. The predicted molar refractivity (Wildman–Crippen MR) is 105 cm³/mol. The molecule has 28 heavy (non-hydrogen) atoms. The van der Waals surface area contributed by atoms with Crippen molar-refractivity contribution in [3.63, 3.8) is 0 Å². The summed E-state index contributed by atoms with van der Waals surface area (Å²) in [7, 11) is 0. The zero-order valence-electron chi connectivity index (χ0n) is 15.4. The van der Waals surface area contributed by atoms with Crippen LogP contribution in [-0.4, -0.2) is 40.2 Å². The van der Waals surface area contributed by atoms with Crippen LogP contribution >= 0.6 is 0 Å². The predicted octanol–water partition coefficient (Wildman–Crippen LogP) is 2.94. The number of aromatic amines is 1. The van der Waals surface area contributed by atoms with Crippen LogP contribution in [0.25, 0.3) is 11.3 Å². The Bertz CT molecular complexity index is 925. The molecule has 3 heterocycles. The molecule has 1 saturated heterocycles. The molecule has 1 amide bonds. The number of amides is 1. The zero-order chi connectivity index (χ0) is 19.3. The summed E-state index contributed by atoms with van der Waals surface area (Å²) in [5, 5.41) is 10.6. The lowest BCUT2D eigenvalue weighted by Gasteiger charge is -2.33. The molecule has 1 aliphatic rings. The number of pyridine rings is 1. The Hall–Kier alpha value is -3.22. The van der Waals surface area contributed by atoms with E-state index in [1.54, 1.807) is 24.5 Å². The van der Waals surface area contributed by atoms with Crippen LogP contribution in [-0.2, 0) is 11.2 Å². The molecule has 0 saturated carbocycles. The van der Waals surface area contributed by atoms with Crippen LogP contribution in [0.3, 0.4) is 0 Å². The first-order chi connectivity index (χ1) is 13.7. The van der Waals surface area contributed by atoms with Gasteiger partial charge in [0.2, 0.25) is 5.91 Å². The van der Waals surface area contributed by atoms with E-state index >= 15 is 0 Å². The van der Waals surface area contributed by atoms with Gasteiger partial charge in [0.15, 0.2) is 5.82 Å². The Morgan fingerprint density at radius 3 is 2.79 bits per heavy atom. The summed E-state index contributed by atoms with van der Waals surface area (Å²) in [5.74, 6) is 0.541. The third kappa shape index (κ3) is 4.36. The molecule has 3 aromatic rings. The van der Waals surface area contributed by atoms with Gasteiger partial charge in [-0.05, 0) is 42.7 Å². The van der Waals surface area contributed by atoms with Crippen molar-refractivity contribution in [2.45, 2.75) is 25.3 Å². The number of hydrogen-bond donors (Lipinski definition) is 2. The number of hydrogen-bond acceptors (Lipinski definition) is 4. The highest BCUT2D eigenvalue weighted by Crippen LogP contribution is 2.23. The molecule has 7 heteroatoms. The Morgan fingerprint density at radius 1 is 1.21 bits per heavy atom. The van der Waals surface area contributed by atoms with Gasteiger partial charge in [-0.2, -0.15) is 5.10 Å². The Kier molecular flexibility index (Phi) is 5.32. The molecule has 4 rings (SSSR count). The summed E-state index contributed by atoms with van der Waals surface area (Å²) in [6.07, 6.45) is 5.68. The lowest BCUT2D eigenvalue weighted by Crippen LogP contribution is -2.48. The summed E-state index contributed by atoms with van der Waals surface area (Å²) in [6.45, 7) is 1.63. The van der Waals surface area contributed by atoms with Gasteiger partial charge < -0.3 is 10.2 Å². The van der Waals surface area contributed by atoms with Crippen molar-refractivity contribution in [1.82, 2.24) is 20.5 Å². The number of benzene rings is 1. The Labute approximate surface area is 162 Å². The van der Waals surface area contributed by atoms with Gasteiger partial charge >= 0.3 is 0 Å². The minimum Gasteiger partial charge on any atom is -0.353 e. The third-order valence-electron chi connectivity index (χ3n) is 4.94. The number of H-pyrrole nitrogens is 1. The molecule has 1 aromatic carbocycles. The van der Waals surface area contributed by atoms with Crippen molar-refractivity contribution >= 4 is 11.7 Å². The highest BCUT2D eigenvalue weighted by molar-refractivity contribution is 5.79. The van der Waals surface area contributed by atoms with E-state index in [1.807, 2.05) is 18.2 Å². The molecule has 0 bridgehead atoms. The maximum Gasteiger partial charge on any atom is 0.224 e. The fourth-order valence-electron chi connectivity index (χ4n) is 3.52. The summed E-state index contributed by atoms with van der Waals surface area (Å²) in [4.78, 5) is 18.6. The molecule has 144 valence electrons. The van der Waals surface area contributed by atoms with Crippen molar-refractivity contribution < 1.29 is 9.18 Å². The van der Waals surface area contributed by atoms with Crippen LogP contribution in [0.5, 0.6) is 0 Å². The van der Waals surface area contributed by atoms with E-state index in [9.17, 15) is 9.18 Å². The van der Waals surface area contributed by atoms with E-state index in [1.165, 1.54) is 12.1 Å². The van der Waals surface area contributed by atoms with E-state index in [4.69, 9.17) is 0 Å². The number of nitrogens with zero attached hydrogens (tertiary/aromatic N) is 3. The molecule has 1 aliphatic heterocycles. The lowest BCUT2D eigenvalue weighted by atomic mass is 10.0. The normalized spacial score (nSPS) is 16.8. The van der Waals surface area contributed by atoms with Crippen LogP contribution in [0, 0.1) is 5.82 Å². The van der Waals surface area contributed by atoms with Crippen molar-refractivity contribution in [1.29, 1.82) is 0 Å². The maximum atomic E-state index is 13.0. The fraction of sp³-hybridized carbons (Fsp3) is 0.286. The van der Waals surface area contributed by atoms with E-state index in [0.29, 0.717) is 0 Å². The second-order valence-corrected chi connectivity index (χ2v) is 7.03. The van der Waals surface area contributed by atoms with Crippen molar-refractivity contribution in [2.75, 3.05) is 18.0 Å². The van der Waals surface area contributed by atoms with E-state index in [-0.39, 0.29) is 24.2 Å². The average Bonchev–Trinajstić information content (AvgIpc) is 3.21. The van der Waals surface area contributed by atoms with Crippen LogP contribution in [0.2, 0.25) is 0 Å². The number of carbonyl (C=O) groups is 1.